The Bertz CT molecular complexity index is 532. The SMILES string of the molecule is CCCc1nc(-c2ncc[nH]2)[nH]c(=O)c1Br. The van der Waals surface area contributed by atoms with Crippen molar-refractivity contribution in [2.24, 2.45) is 0 Å². The van der Waals surface area contributed by atoms with Gasteiger partial charge in [-0.1, -0.05) is 13.3 Å². The van der Waals surface area contributed by atoms with Crippen LogP contribution in [0.25, 0.3) is 11.6 Å². The summed E-state index contributed by atoms with van der Waals surface area (Å²) in [5.74, 6) is 1.05. The van der Waals surface area contributed by atoms with E-state index in [9.17, 15) is 4.79 Å². The van der Waals surface area contributed by atoms with E-state index in [1.165, 1.54) is 0 Å². The molecule has 0 aliphatic heterocycles. The van der Waals surface area contributed by atoms with Crippen LogP contribution in [0.1, 0.15) is 19.0 Å². The first-order valence-electron chi connectivity index (χ1n) is 5.00. The molecule has 5 nitrogen and oxygen atoms in total. The number of aryl methyl sites for hydroxylation is 1. The molecule has 2 aromatic heterocycles. The average Bonchev–Trinajstić information content (AvgIpc) is 2.78. The van der Waals surface area contributed by atoms with Crippen molar-refractivity contribution >= 4 is 15.9 Å². The molecule has 6 heteroatoms. The highest BCUT2D eigenvalue weighted by Crippen LogP contribution is 2.14. The Morgan fingerprint density at radius 3 is 2.88 bits per heavy atom. The van der Waals surface area contributed by atoms with Crippen molar-refractivity contribution in [1.29, 1.82) is 0 Å². The molecule has 0 bridgehead atoms. The van der Waals surface area contributed by atoms with E-state index in [4.69, 9.17) is 0 Å². The molecule has 0 atom stereocenters. The smallest absolute Gasteiger partial charge is 0.265 e. The van der Waals surface area contributed by atoms with Crippen LogP contribution in [-0.2, 0) is 6.42 Å². The summed E-state index contributed by atoms with van der Waals surface area (Å²) < 4.78 is 0.504. The molecule has 0 unspecified atom stereocenters. The molecule has 0 aliphatic rings. The molecule has 0 saturated carbocycles. The van der Waals surface area contributed by atoms with Gasteiger partial charge in [0, 0.05) is 12.4 Å². The van der Waals surface area contributed by atoms with E-state index in [-0.39, 0.29) is 5.56 Å². The van der Waals surface area contributed by atoms with Crippen LogP contribution in [0, 0.1) is 0 Å². The second kappa shape index (κ2) is 4.61. The Hall–Kier alpha value is -1.43. The number of halogens is 1. The fourth-order valence-corrected chi connectivity index (χ4v) is 1.80. The highest BCUT2D eigenvalue weighted by molar-refractivity contribution is 9.10. The quantitative estimate of drug-likeness (QED) is 0.903. The van der Waals surface area contributed by atoms with Crippen molar-refractivity contribution < 1.29 is 0 Å². The number of aromatic amines is 2. The third-order valence-electron chi connectivity index (χ3n) is 2.14. The number of imidazole rings is 1. The normalized spacial score (nSPS) is 10.6. The summed E-state index contributed by atoms with van der Waals surface area (Å²) in [6.07, 6.45) is 5.01. The van der Waals surface area contributed by atoms with Crippen molar-refractivity contribution in [2.75, 3.05) is 0 Å². The minimum Gasteiger partial charge on any atom is -0.342 e. The topological polar surface area (TPSA) is 74.4 Å². The molecule has 0 spiro atoms. The molecule has 0 aromatic carbocycles. The van der Waals surface area contributed by atoms with Crippen LogP contribution in [0.5, 0.6) is 0 Å². The lowest BCUT2D eigenvalue weighted by Crippen LogP contribution is -2.14. The van der Waals surface area contributed by atoms with E-state index >= 15 is 0 Å². The summed E-state index contributed by atoms with van der Waals surface area (Å²) >= 11 is 3.24. The molecule has 2 N–H and O–H groups in total. The summed E-state index contributed by atoms with van der Waals surface area (Å²) in [4.78, 5) is 25.7. The van der Waals surface area contributed by atoms with Crippen molar-refractivity contribution in [3.8, 4) is 11.6 Å². The maximum absolute atomic E-state index is 11.6. The van der Waals surface area contributed by atoms with Crippen LogP contribution in [0.3, 0.4) is 0 Å². The van der Waals surface area contributed by atoms with Crippen molar-refractivity contribution in [1.82, 2.24) is 19.9 Å². The van der Waals surface area contributed by atoms with Crippen LogP contribution in [0.15, 0.2) is 21.7 Å². The highest BCUT2D eigenvalue weighted by Gasteiger charge is 2.10. The molecular formula is C10H11BrN4O. The molecular weight excluding hydrogens is 272 g/mol. The third kappa shape index (κ3) is 2.06. The molecule has 0 aliphatic carbocycles. The van der Waals surface area contributed by atoms with Gasteiger partial charge in [0.25, 0.3) is 5.56 Å². The lowest BCUT2D eigenvalue weighted by molar-refractivity contribution is 0.858. The van der Waals surface area contributed by atoms with Crippen LogP contribution in [-0.4, -0.2) is 19.9 Å². The van der Waals surface area contributed by atoms with Crippen molar-refractivity contribution in [2.45, 2.75) is 19.8 Å². The highest BCUT2D eigenvalue weighted by atomic mass is 79.9. The summed E-state index contributed by atoms with van der Waals surface area (Å²) in [5, 5.41) is 0. The number of rotatable bonds is 3. The molecule has 84 valence electrons. The zero-order chi connectivity index (χ0) is 11.5. The van der Waals surface area contributed by atoms with Crippen molar-refractivity contribution in [3.63, 3.8) is 0 Å². The maximum atomic E-state index is 11.6. The van der Waals surface area contributed by atoms with Gasteiger partial charge in [-0.3, -0.25) is 4.79 Å². The van der Waals surface area contributed by atoms with Crippen LogP contribution < -0.4 is 5.56 Å². The van der Waals surface area contributed by atoms with Gasteiger partial charge in [-0.05, 0) is 22.4 Å². The van der Waals surface area contributed by atoms with E-state index in [0.29, 0.717) is 16.1 Å². The summed E-state index contributed by atoms with van der Waals surface area (Å²) in [5.41, 5.74) is 0.586. The number of aromatic nitrogens is 4. The number of hydrogen-bond acceptors (Lipinski definition) is 3. The van der Waals surface area contributed by atoms with Gasteiger partial charge in [0.1, 0.15) is 4.47 Å². The van der Waals surface area contributed by atoms with Gasteiger partial charge < -0.3 is 9.97 Å². The number of H-pyrrole nitrogens is 2. The van der Waals surface area contributed by atoms with E-state index in [1.807, 2.05) is 6.92 Å². The molecule has 0 radical (unpaired) electrons. The standard InChI is InChI=1S/C10H11BrN4O/c1-2-3-6-7(11)10(16)15-9(14-6)8-12-4-5-13-8/h4-5H,2-3H2,1H3,(H,12,13)(H,14,15,16). The predicted molar refractivity (Wildman–Crippen MR) is 64.1 cm³/mol. The summed E-state index contributed by atoms with van der Waals surface area (Å²) in [6.45, 7) is 2.04. The molecule has 2 aromatic rings. The predicted octanol–water partition coefficient (Wildman–Crippen LogP) is 1.87. The Balaban J connectivity index is 2.53. The van der Waals surface area contributed by atoms with Crippen LogP contribution >= 0.6 is 15.9 Å². The van der Waals surface area contributed by atoms with E-state index in [2.05, 4.69) is 35.9 Å². The Morgan fingerprint density at radius 2 is 2.25 bits per heavy atom. The van der Waals surface area contributed by atoms with Gasteiger partial charge >= 0.3 is 0 Å². The Morgan fingerprint density at radius 1 is 1.44 bits per heavy atom. The summed E-state index contributed by atoms with van der Waals surface area (Å²) in [7, 11) is 0. The minimum absolute atomic E-state index is 0.176. The fraction of sp³-hybridized carbons (Fsp3) is 0.300. The summed E-state index contributed by atoms with van der Waals surface area (Å²) in [6, 6.07) is 0. The molecule has 2 heterocycles. The number of hydrogen-bond donors (Lipinski definition) is 2. The maximum Gasteiger partial charge on any atom is 0.265 e. The van der Waals surface area contributed by atoms with E-state index in [1.54, 1.807) is 12.4 Å². The van der Waals surface area contributed by atoms with Crippen LogP contribution in [0.2, 0.25) is 0 Å². The van der Waals surface area contributed by atoms with Crippen molar-refractivity contribution in [3.05, 3.63) is 32.9 Å². The van der Waals surface area contributed by atoms with Gasteiger partial charge in [0.15, 0.2) is 11.6 Å². The van der Waals surface area contributed by atoms with Gasteiger partial charge in [-0.25, -0.2) is 9.97 Å². The minimum atomic E-state index is -0.176. The Labute approximate surface area is 100 Å². The second-order valence-corrected chi connectivity index (χ2v) is 4.16. The number of nitrogens with one attached hydrogen (secondary N) is 2. The molecule has 16 heavy (non-hydrogen) atoms. The first kappa shape index (κ1) is 11.1. The molecule has 0 fully saturated rings. The van der Waals surface area contributed by atoms with E-state index in [0.717, 1.165) is 18.5 Å². The van der Waals surface area contributed by atoms with E-state index < -0.39 is 0 Å². The molecule has 2 rings (SSSR count). The zero-order valence-electron chi connectivity index (χ0n) is 8.75. The van der Waals surface area contributed by atoms with Gasteiger partial charge in [-0.2, -0.15) is 0 Å². The monoisotopic (exact) mass is 282 g/mol. The zero-order valence-corrected chi connectivity index (χ0v) is 10.3. The Kier molecular flexibility index (Phi) is 3.19. The first-order valence-corrected chi connectivity index (χ1v) is 5.80. The van der Waals surface area contributed by atoms with Gasteiger partial charge in [0.05, 0.1) is 5.69 Å². The van der Waals surface area contributed by atoms with Gasteiger partial charge in [-0.15, -0.1) is 0 Å². The second-order valence-electron chi connectivity index (χ2n) is 3.36. The third-order valence-corrected chi connectivity index (χ3v) is 2.96. The van der Waals surface area contributed by atoms with Gasteiger partial charge in [0.2, 0.25) is 0 Å². The van der Waals surface area contributed by atoms with Crippen LogP contribution in [0.4, 0.5) is 0 Å². The molecule has 0 saturated heterocycles. The first-order chi connectivity index (χ1) is 7.72. The lowest BCUT2D eigenvalue weighted by atomic mass is 10.2. The largest absolute Gasteiger partial charge is 0.342 e. The fourth-order valence-electron chi connectivity index (χ4n) is 1.41. The average molecular weight is 283 g/mol. The molecule has 0 amide bonds. The lowest BCUT2D eigenvalue weighted by Gasteiger charge is -2.03. The number of nitrogens with zero attached hydrogens (tertiary/aromatic N) is 2.